The van der Waals surface area contributed by atoms with Crippen molar-refractivity contribution in [3.8, 4) is 0 Å². The summed E-state index contributed by atoms with van der Waals surface area (Å²) in [5.41, 5.74) is 0. The standard InChI is InChI=1S/C9H14O3/c1-2-5-12-8-4-3-7(6-8)9(10)11/h2,7-8H,1,3-6H2,(H,10,11)/t7-,8-/m0/s1. The van der Waals surface area contributed by atoms with Gasteiger partial charge >= 0.3 is 5.97 Å². The van der Waals surface area contributed by atoms with Crippen LogP contribution in [0.5, 0.6) is 0 Å². The van der Waals surface area contributed by atoms with Crippen molar-refractivity contribution < 1.29 is 14.6 Å². The van der Waals surface area contributed by atoms with Crippen molar-refractivity contribution in [2.75, 3.05) is 6.61 Å². The van der Waals surface area contributed by atoms with Gasteiger partial charge in [0.25, 0.3) is 0 Å². The lowest BCUT2D eigenvalue weighted by atomic mass is 10.1. The maximum Gasteiger partial charge on any atom is 0.306 e. The first-order chi connectivity index (χ1) is 5.74. The number of carbonyl (C=O) groups is 1. The molecular weight excluding hydrogens is 156 g/mol. The fourth-order valence-corrected chi connectivity index (χ4v) is 1.52. The summed E-state index contributed by atoms with van der Waals surface area (Å²) < 4.78 is 5.35. The predicted octanol–water partition coefficient (Wildman–Crippen LogP) is 1.44. The summed E-state index contributed by atoms with van der Waals surface area (Å²) in [5.74, 6) is -0.889. The molecule has 0 unspecified atom stereocenters. The number of rotatable bonds is 4. The van der Waals surface area contributed by atoms with Crippen molar-refractivity contribution in [2.24, 2.45) is 5.92 Å². The van der Waals surface area contributed by atoms with Gasteiger partial charge in [-0.2, -0.15) is 0 Å². The lowest BCUT2D eigenvalue weighted by molar-refractivity contribution is -0.141. The van der Waals surface area contributed by atoms with Crippen LogP contribution in [0.25, 0.3) is 0 Å². The molecule has 0 aromatic heterocycles. The van der Waals surface area contributed by atoms with Crippen LogP contribution in [0.4, 0.5) is 0 Å². The minimum atomic E-state index is -0.695. The van der Waals surface area contributed by atoms with Crippen molar-refractivity contribution in [3.05, 3.63) is 12.7 Å². The highest BCUT2D eigenvalue weighted by atomic mass is 16.5. The summed E-state index contributed by atoms with van der Waals surface area (Å²) >= 11 is 0. The summed E-state index contributed by atoms with van der Waals surface area (Å²) in [6.45, 7) is 4.06. The molecule has 0 aliphatic heterocycles. The van der Waals surface area contributed by atoms with E-state index in [9.17, 15) is 4.79 Å². The maximum atomic E-state index is 10.5. The topological polar surface area (TPSA) is 46.5 Å². The molecule has 3 heteroatoms. The van der Waals surface area contributed by atoms with E-state index in [-0.39, 0.29) is 12.0 Å². The SMILES string of the molecule is C=CCO[C@H]1CC[C@H](C(=O)O)C1. The molecule has 1 fully saturated rings. The molecule has 0 amide bonds. The van der Waals surface area contributed by atoms with Crippen LogP contribution in [0.2, 0.25) is 0 Å². The highest BCUT2D eigenvalue weighted by Crippen LogP contribution is 2.27. The highest BCUT2D eigenvalue weighted by molar-refractivity contribution is 5.70. The van der Waals surface area contributed by atoms with E-state index in [4.69, 9.17) is 9.84 Å². The third-order valence-corrected chi connectivity index (χ3v) is 2.18. The fourth-order valence-electron chi connectivity index (χ4n) is 1.52. The minimum Gasteiger partial charge on any atom is -0.481 e. The second-order valence-electron chi connectivity index (χ2n) is 3.09. The van der Waals surface area contributed by atoms with Gasteiger partial charge in [-0.3, -0.25) is 4.79 Å². The van der Waals surface area contributed by atoms with E-state index in [0.717, 1.165) is 12.8 Å². The Balaban J connectivity index is 2.25. The van der Waals surface area contributed by atoms with Gasteiger partial charge in [0.05, 0.1) is 18.6 Å². The molecule has 1 aliphatic carbocycles. The smallest absolute Gasteiger partial charge is 0.306 e. The Bertz CT molecular complexity index is 177. The van der Waals surface area contributed by atoms with Gasteiger partial charge in [0, 0.05) is 0 Å². The summed E-state index contributed by atoms with van der Waals surface area (Å²) in [7, 11) is 0. The summed E-state index contributed by atoms with van der Waals surface area (Å²) in [4.78, 5) is 10.5. The third-order valence-electron chi connectivity index (χ3n) is 2.18. The zero-order valence-electron chi connectivity index (χ0n) is 7.03. The number of carboxylic acid groups (broad SMARTS) is 1. The first-order valence-electron chi connectivity index (χ1n) is 4.19. The van der Waals surface area contributed by atoms with Crippen LogP contribution in [0, 0.1) is 5.92 Å². The molecule has 0 radical (unpaired) electrons. The summed E-state index contributed by atoms with van der Waals surface area (Å²) in [6.07, 6.45) is 4.09. The van der Waals surface area contributed by atoms with Gasteiger partial charge in [-0.15, -0.1) is 6.58 Å². The van der Waals surface area contributed by atoms with Gasteiger partial charge in [-0.1, -0.05) is 6.08 Å². The van der Waals surface area contributed by atoms with E-state index in [1.54, 1.807) is 6.08 Å². The van der Waals surface area contributed by atoms with Crippen molar-refractivity contribution in [1.29, 1.82) is 0 Å². The van der Waals surface area contributed by atoms with Crippen LogP contribution in [-0.2, 0) is 9.53 Å². The summed E-state index contributed by atoms with van der Waals surface area (Å²) in [6, 6.07) is 0. The maximum absolute atomic E-state index is 10.5. The highest BCUT2D eigenvalue weighted by Gasteiger charge is 2.29. The molecule has 12 heavy (non-hydrogen) atoms. The van der Waals surface area contributed by atoms with E-state index in [0.29, 0.717) is 13.0 Å². The normalized spacial score (nSPS) is 28.7. The van der Waals surface area contributed by atoms with E-state index < -0.39 is 5.97 Å². The third kappa shape index (κ3) is 2.34. The Morgan fingerprint density at radius 1 is 1.67 bits per heavy atom. The monoisotopic (exact) mass is 170 g/mol. The Morgan fingerprint density at radius 2 is 2.42 bits per heavy atom. The van der Waals surface area contributed by atoms with Crippen molar-refractivity contribution in [2.45, 2.75) is 25.4 Å². The second-order valence-corrected chi connectivity index (χ2v) is 3.09. The summed E-state index contributed by atoms with van der Waals surface area (Å²) in [5, 5.41) is 8.68. The van der Waals surface area contributed by atoms with Crippen LogP contribution in [0.15, 0.2) is 12.7 Å². The number of carboxylic acids is 1. The van der Waals surface area contributed by atoms with Gasteiger partial charge in [0.1, 0.15) is 0 Å². The molecule has 2 atom stereocenters. The largest absolute Gasteiger partial charge is 0.481 e. The quantitative estimate of drug-likeness (QED) is 0.649. The molecule has 3 nitrogen and oxygen atoms in total. The Hall–Kier alpha value is -0.830. The van der Waals surface area contributed by atoms with E-state index in [2.05, 4.69) is 6.58 Å². The molecule has 0 aromatic carbocycles. The van der Waals surface area contributed by atoms with Gasteiger partial charge in [-0.05, 0) is 19.3 Å². The van der Waals surface area contributed by atoms with Crippen LogP contribution in [0.3, 0.4) is 0 Å². The van der Waals surface area contributed by atoms with Crippen LogP contribution < -0.4 is 0 Å². The lowest BCUT2D eigenvalue weighted by Gasteiger charge is -2.08. The minimum absolute atomic E-state index is 0.129. The molecule has 1 aliphatic rings. The molecule has 0 heterocycles. The van der Waals surface area contributed by atoms with Gasteiger partial charge in [0.15, 0.2) is 0 Å². The molecule has 1 saturated carbocycles. The molecule has 0 bridgehead atoms. The predicted molar refractivity (Wildman–Crippen MR) is 44.9 cm³/mol. The molecule has 68 valence electrons. The molecule has 0 aromatic rings. The van der Waals surface area contributed by atoms with Crippen molar-refractivity contribution in [3.63, 3.8) is 0 Å². The Kier molecular flexibility index (Phi) is 3.29. The second kappa shape index (κ2) is 4.26. The van der Waals surface area contributed by atoms with Crippen molar-refractivity contribution >= 4 is 5.97 Å². The van der Waals surface area contributed by atoms with Crippen LogP contribution >= 0.6 is 0 Å². The zero-order valence-corrected chi connectivity index (χ0v) is 7.03. The van der Waals surface area contributed by atoms with E-state index in [1.807, 2.05) is 0 Å². The number of hydrogen-bond acceptors (Lipinski definition) is 2. The molecule has 0 spiro atoms. The average Bonchev–Trinajstić information content (AvgIpc) is 2.48. The Labute approximate surface area is 72.0 Å². The van der Waals surface area contributed by atoms with E-state index >= 15 is 0 Å². The molecular formula is C9H14O3. The van der Waals surface area contributed by atoms with Crippen LogP contribution in [0.1, 0.15) is 19.3 Å². The average molecular weight is 170 g/mol. The van der Waals surface area contributed by atoms with E-state index in [1.165, 1.54) is 0 Å². The zero-order chi connectivity index (χ0) is 8.97. The first kappa shape index (κ1) is 9.26. The lowest BCUT2D eigenvalue weighted by Crippen LogP contribution is -2.13. The number of hydrogen-bond donors (Lipinski definition) is 1. The number of ether oxygens (including phenoxy) is 1. The molecule has 0 saturated heterocycles. The number of aliphatic carboxylic acids is 1. The Morgan fingerprint density at radius 3 is 2.92 bits per heavy atom. The first-order valence-corrected chi connectivity index (χ1v) is 4.19. The van der Waals surface area contributed by atoms with Gasteiger partial charge in [0.2, 0.25) is 0 Å². The molecule has 1 rings (SSSR count). The molecule has 1 N–H and O–H groups in total. The van der Waals surface area contributed by atoms with Gasteiger partial charge < -0.3 is 9.84 Å². The van der Waals surface area contributed by atoms with Crippen LogP contribution in [-0.4, -0.2) is 23.8 Å². The van der Waals surface area contributed by atoms with Crippen molar-refractivity contribution in [1.82, 2.24) is 0 Å². The van der Waals surface area contributed by atoms with Gasteiger partial charge in [-0.25, -0.2) is 0 Å². The fraction of sp³-hybridized carbons (Fsp3) is 0.667.